The van der Waals surface area contributed by atoms with Crippen LogP contribution in [0.3, 0.4) is 0 Å². The number of hydrogen-bond acceptors (Lipinski definition) is 3. The summed E-state index contributed by atoms with van der Waals surface area (Å²) >= 11 is 0. The number of carbonyl (C=O) groups excluding carboxylic acids is 1. The minimum atomic E-state index is 0.0735. The van der Waals surface area contributed by atoms with Gasteiger partial charge in [0.15, 0.2) is 0 Å². The Balaban J connectivity index is 1.49. The highest BCUT2D eigenvalue weighted by atomic mass is 16.2. The number of rotatable bonds is 2. The summed E-state index contributed by atoms with van der Waals surface area (Å²) in [6.07, 6.45) is 10.4. The van der Waals surface area contributed by atoms with E-state index in [9.17, 15) is 9.59 Å². The molecule has 4 heterocycles. The zero-order valence-electron chi connectivity index (χ0n) is 16.2. The second-order valence-corrected chi connectivity index (χ2v) is 8.70. The van der Waals surface area contributed by atoms with Gasteiger partial charge >= 0.3 is 0 Å². The van der Waals surface area contributed by atoms with E-state index >= 15 is 0 Å². The molecule has 0 radical (unpaired) electrons. The SMILES string of the molecule is O=C(C1CCCCC1)N1C[C@@H]2C[C@H](C1)c1c(-c3cccnc3)ccc(=O)n1C2. The van der Waals surface area contributed by atoms with E-state index < -0.39 is 0 Å². The number of hydrogen-bond donors (Lipinski definition) is 0. The van der Waals surface area contributed by atoms with Crippen LogP contribution >= 0.6 is 0 Å². The molecule has 1 saturated heterocycles. The van der Waals surface area contributed by atoms with Gasteiger partial charge in [-0.05, 0) is 37.3 Å². The van der Waals surface area contributed by atoms with E-state index in [2.05, 4.69) is 9.88 Å². The molecule has 28 heavy (non-hydrogen) atoms. The van der Waals surface area contributed by atoms with Crippen LogP contribution in [-0.4, -0.2) is 33.4 Å². The Hall–Kier alpha value is -2.43. The number of amides is 1. The number of nitrogens with zero attached hydrogens (tertiary/aromatic N) is 3. The lowest BCUT2D eigenvalue weighted by Gasteiger charge is -2.44. The van der Waals surface area contributed by atoms with Gasteiger partial charge < -0.3 is 9.47 Å². The third kappa shape index (κ3) is 3.07. The molecule has 146 valence electrons. The van der Waals surface area contributed by atoms with Crippen LogP contribution in [-0.2, 0) is 11.3 Å². The summed E-state index contributed by atoms with van der Waals surface area (Å²) in [6, 6.07) is 7.60. The first kappa shape index (κ1) is 17.7. The van der Waals surface area contributed by atoms with Crippen LogP contribution in [0.1, 0.15) is 50.1 Å². The molecule has 1 aliphatic carbocycles. The standard InChI is InChI=1S/C23H27N3O2/c27-21-9-8-20(18-7-4-10-24-12-18)22-19-11-16(14-26(21)22)13-25(15-19)23(28)17-5-2-1-3-6-17/h4,7-10,12,16-17,19H,1-3,5-6,11,13-15H2/t16-,19+/m0/s1. The maximum atomic E-state index is 13.2. The van der Waals surface area contributed by atoms with Crippen molar-refractivity contribution in [1.29, 1.82) is 0 Å². The lowest BCUT2D eigenvalue weighted by molar-refractivity contribution is -0.139. The fourth-order valence-electron chi connectivity index (χ4n) is 5.57. The van der Waals surface area contributed by atoms with Crippen molar-refractivity contribution in [3.63, 3.8) is 0 Å². The van der Waals surface area contributed by atoms with Crippen molar-refractivity contribution in [2.75, 3.05) is 13.1 Å². The highest BCUT2D eigenvalue weighted by Gasteiger charge is 2.39. The zero-order chi connectivity index (χ0) is 19.1. The molecular weight excluding hydrogens is 350 g/mol. The van der Waals surface area contributed by atoms with E-state index in [-0.39, 0.29) is 17.4 Å². The first-order valence-corrected chi connectivity index (χ1v) is 10.6. The van der Waals surface area contributed by atoms with Gasteiger partial charge in [-0.25, -0.2) is 0 Å². The summed E-state index contributed by atoms with van der Waals surface area (Å²) in [7, 11) is 0. The average Bonchev–Trinajstić information content (AvgIpc) is 2.75. The number of likely N-dealkylation sites (tertiary alicyclic amines) is 1. The maximum Gasteiger partial charge on any atom is 0.250 e. The molecule has 5 heteroatoms. The van der Waals surface area contributed by atoms with Crippen LogP contribution in [0.4, 0.5) is 0 Å². The maximum absolute atomic E-state index is 13.2. The Morgan fingerprint density at radius 2 is 1.89 bits per heavy atom. The van der Waals surface area contributed by atoms with Crippen molar-refractivity contribution in [3.05, 3.63) is 52.7 Å². The largest absolute Gasteiger partial charge is 0.341 e. The second-order valence-electron chi connectivity index (χ2n) is 8.70. The molecule has 1 saturated carbocycles. The molecule has 5 nitrogen and oxygen atoms in total. The summed E-state index contributed by atoms with van der Waals surface area (Å²) in [5.41, 5.74) is 3.30. The van der Waals surface area contributed by atoms with Gasteiger partial charge in [0.05, 0.1) is 0 Å². The van der Waals surface area contributed by atoms with Crippen molar-refractivity contribution in [1.82, 2.24) is 14.5 Å². The van der Waals surface area contributed by atoms with E-state index in [4.69, 9.17) is 0 Å². The van der Waals surface area contributed by atoms with E-state index in [1.807, 2.05) is 29.0 Å². The molecule has 2 atom stereocenters. The van der Waals surface area contributed by atoms with Crippen molar-refractivity contribution >= 4 is 5.91 Å². The molecule has 2 bridgehead atoms. The first-order chi connectivity index (χ1) is 13.7. The van der Waals surface area contributed by atoms with Gasteiger partial charge in [0.1, 0.15) is 0 Å². The summed E-state index contributed by atoms with van der Waals surface area (Å²) in [5, 5.41) is 0. The Morgan fingerprint density at radius 3 is 2.68 bits per heavy atom. The summed E-state index contributed by atoms with van der Waals surface area (Å²) < 4.78 is 1.96. The molecule has 0 N–H and O–H groups in total. The molecule has 2 aliphatic heterocycles. The summed E-state index contributed by atoms with van der Waals surface area (Å²) in [6.45, 7) is 2.25. The number of piperidine rings is 1. The van der Waals surface area contributed by atoms with E-state index in [1.165, 1.54) is 19.3 Å². The fraction of sp³-hybridized carbons (Fsp3) is 0.522. The highest BCUT2D eigenvalue weighted by molar-refractivity contribution is 5.79. The van der Waals surface area contributed by atoms with Crippen LogP contribution in [0.5, 0.6) is 0 Å². The number of pyridine rings is 2. The summed E-state index contributed by atoms with van der Waals surface area (Å²) in [5.74, 6) is 1.16. The normalized spacial score (nSPS) is 24.6. The molecule has 3 aliphatic rings. The monoisotopic (exact) mass is 377 g/mol. The van der Waals surface area contributed by atoms with Gasteiger partial charge in [0, 0.05) is 66.8 Å². The first-order valence-electron chi connectivity index (χ1n) is 10.6. The highest BCUT2D eigenvalue weighted by Crippen LogP contribution is 2.40. The van der Waals surface area contributed by atoms with Gasteiger partial charge in [-0.2, -0.15) is 0 Å². The molecule has 5 rings (SSSR count). The quantitative estimate of drug-likeness (QED) is 0.806. The van der Waals surface area contributed by atoms with Crippen molar-refractivity contribution < 1.29 is 4.79 Å². The van der Waals surface area contributed by atoms with Crippen molar-refractivity contribution in [2.24, 2.45) is 11.8 Å². The van der Waals surface area contributed by atoms with E-state index in [1.54, 1.807) is 12.3 Å². The predicted octanol–water partition coefficient (Wildman–Crippen LogP) is 3.44. The third-order valence-electron chi connectivity index (χ3n) is 6.83. The smallest absolute Gasteiger partial charge is 0.250 e. The molecule has 2 aromatic rings. The van der Waals surface area contributed by atoms with Crippen LogP contribution < -0.4 is 5.56 Å². The third-order valence-corrected chi connectivity index (χ3v) is 6.83. The Bertz CT molecular complexity index is 931. The molecule has 0 unspecified atom stereocenters. The van der Waals surface area contributed by atoms with Crippen LogP contribution in [0.25, 0.3) is 11.1 Å². The van der Waals surface area contributed by atoms with Crippen LogP contribution in [0, 0.1) is 11.8 Å². The van der Waals surface area contributed by atoms with Crippen LogP contribution in [0.2, 0.25) is 0 Å². The van der Waals surface area contributed by atoms with E-state index in [0.29, 0.717) is 18.4 Å². The molecule has 0 spiro atoms. The van der Waals surface area contributed by atoms with Gasteiger partial charge in [0.25, 0.3) is 5.56 Å². The molecule has 2 fully saturated rings. The lowest BCUT2D eigenvalue weighted by Crippen LogP contribution is -2.51. The number of carbonyl (C=O) groups is 1. The molecule has 0 aromatic carbocycles. The average molecular weight is 377 g/mol. The Labute approximate surface area is 165 Å². The van der Waals surface area contributed by atoms with E-state index in [0.717, 1.165) is 49.2 Å². The van der Waals surface area contributed by atoms with Gasteiger partial charge in [-0.1, -0.05) is 25.3 Å². The number of aromatic nitrogens is 2. The van der Waals surface area contributed by atoms with Gasteiger partial charge in [0.2, 0.25) is 5.91 Å². The lowest BCUT2D eigenvalue weighted by atomic mass is 9.79. The molecule has 1 amide bonds. The summed E-state index contributed by atoms with van der Waals surface area (Å²) in [4.78, 5) is 32.2. The molecule has 2 aromatic heterocycles. The zero-order valence-corrected chi connectivity index (χ0v) is 16.2. The van der Waals surface area contributed by atoms with Gasteiger partial charge in [-0.15, -0.1) is 0 Å². The predicted molar refractivity (Wildman–Crippen MR) is 108 cm³/mol. The van der Waals surface area contributed by atoms with Crippen LogP contribution in [0.15, 0.2) is 41.5 Å². The minimum Gasteiger partial charge on any atom is -0.341 e. The van der Waals surface area contributed by atoms with Crippen molar-refractivity contribution in [3.8, 4) is 11.1 Å². The number of fused-ring (bicyclic) bond motifs is 4. The Kier molecular flexibility index (Phi) is 4.53. The Morgan fingerprint density at radius 1 is 1.04 bits per heavy atom. The molecular formula is C23H27N3O2. The van der Waals surface area contributed by atoms with Gasteiger partial charge in [-0.3, -0.25) is 14.6 Å². The minimum absolute atomic E-state index is 0.0735. The second kappa shape index (κ2) is 7.19. The van der Waals surface area contributed by atoms with Crippen molar-refractivity contribution in [2.45, 2.75) is 51.0 Å². The fourth-order valence-corrected chi connectivity index (χ4v) is 5.57. The topological polar surface area (TPSA) is 55.2 Å².